The molecule has 35 heavy (non-hydrogen) atoms. The number of hydrogen-bond donors (Lipinski definition) is 0. The summed E-state index contributed by atoms with van der Waals surface area (Å²) in [4.78, 5) is 14.3. The molecule has 1 fully saturated rings. The second-order valence-corrected chi connectivity index (χ2v) is 8.93. The van der Waals surface area contributed by atoms with Gasteiger partial charge in [0.2, 0.25) is 0 Å². The van der Waals surface area contributed by atoms with Crippen LogP contribution in [0.3, 0.4) is 0 Å². The summed E-state index contributed by atoms with van der Waals surface area (Å²) in [7, 11) is 0. The molecule has 0 N–H and O–H groups in total. The Kier molecular flexibility index (Phi) is 5.95. The fourth-order valence-electron chi connectivity index (χ4n) is 5.13. The Morgan fingerprint density at radius 2 is 1.31 bits per heavy atom. The maximum absolute atomic E-state index is 4.71. The average molecular weight is 461 g/mol. The van der Waals surface area contributed by atoms with Gasteiger partial charge in [-0.25, -0.2) is 14.6 Å². The Morgan fingerprint density at radius 3 is 2.00 bits per heavy atom. The van der Waals surface area contributed by atoms with Crippen LogP contribution in [-0.2, 0) is 0 Å². The zero-order chi connectivity index (χ0) is 23.5. The van der Waals surface area contributed by atoms with Crippen molar-refractivity contribution < 1.29 is 0 Å². The number of fused-ring (bicyclic) bond motifs is 1. The third-order valence-corrected chi connectivity index (χ3v) is 6.77. The molecule has 0 unspecified atom stereocenters. The summed E-state index contributed by atoms with van der Waals surface area (Å²) in [5, 5.41) is 5.64. The van der Waals surface area contributed by atoms with Gasteiger partial charge >= 0.3 is 0 Å². The minimum Gasteiger partial charge on any atom is -0.355 e. The molecule has 174 valence electrons. The van der Waals surface area contributed by atoms with Crippen molar-refractivity contribution in [1.82, 2.24) is 24.6 Å². The van der Waals surface area contributed by atoms with E-state index in [1.54, 1.807) is 6.33 Å². The van der Waals surface area contributed by atoms with E-state index < -0.39 is 0 Å². The molecule has 5 aromatic rings. The molecule has 6 rings (SSSR count). The first-order valence-corrected chi connectivity index (χ1v) is 12.2. The number of nitrogens with zero attached hydrogens (tertiary/aromatic N) is 6. The van der Waals surface area contributed by atoms with Gasteiger partial charge in [-0.1, -0.05) is 78.9 Å². The van der Waals surface area contributed by atoms with Crippen LogP contribution in [0, 0.1) is 0 Å². The van der Waals surface area contributed by atoms with Crippen LogP contribution in [0.4, 0.5) is 5.82 Å². The smallest absolute Gasteiger partial charge is 0.168 e. The molecule has 6 heteroatoms. The van der Waals surface area contributed by atoms with Gasteiger partial charge in [-0.15, -0.1) is 0 Å². The molecule has 0 spiro atoms. The SMILES string of the molecule is c1ccc(C(c2ccccc2)N2CCCN(c3ncnc4c3cnn4-c3ccccc3)CC2)cc1. The molecule has 0 bridgehead atoms. The number of benzene rings is 3. The van der Waals surface area contributed by atoms with Crippen LogP contribution in [-0.4, -0.2) is 50.8 Å². The summed E-state index contributed by atoms with van der Waals surface area (Å²) in [6.07, 6.45) is 4.63. The predicted octanol–water partition coefficient (Wildman–Crippen LogP) is 5.12. The predicted molar refractivity (Wildman–Crippen MR) is 140 cm³/mol. The first-order chi connectivity index (χ1) is 17.4. The molecule has 1 aliphatic heterocycles. The van der Waals surface area contributed by atoms with Crippen molar-refractivity contribution in [3.05, 3.63) is 115 Å². The van der Waals surface area contributed by atoms with E-state index in [0.717, 1.165) is 55.1 Å². The lowest BCUT2D eigenvalue weighted by atomic mass is 9.97. The summed E-state index contributed by atoms with van der Waals surface area (Å²) >= 11 is 0. The number of anilines is 1. The largest absolute Gasteiger partial charge is 0.355 e. The van der Waals surface area contributed by atoms with Crippen molar-refractivity contribution in [1.29, 1.82) is 0 Å². The number of para-hydroxylation sites is 1. The molecule has 0 radical (unpaired) electrons. The van der Waals surface area contributed by atoms with Gasteiger partial charge in [0, 0.05) is 26.2 Å². The summed E-state index contributed by atoms with van der Waals surface area (Å²) in [5.41, 5.74) is 4.51. The summed E-state index contributed by atoms with van der Waals surface area (Å²) < 4.78 is 1.89. The van der Waals surface area contributed by atoms with Crippen LogP contribution >= 0.6 is 0 Å². The summed E-state index contributed by atoms with van der Waals surface area (Å²) in [6.45, 7) is 3.84. The maximum Gasteiger partial charge on any atom is 0.168 e. The van der Waals surface area contributed by atoms with Crippen LogP contribution in [0.15, 0.2) is 104 Å². The lowest BCUT2D eigenvalue weighted by molar-refractivity contribution is 0.242. The summed E-state index contributed by atoms with van der Waals surface area (Å²) in [6, 6.07) is 32.1. The van der Waals surface area contributed by atoms with E-state index in [9.17, 15) is 0 Å². The van der Waals surface area contributed by atoms with E-state index in [0.29, 0.717) is 0 Å². The van der Waals surface area contributed by atoms with Gasteiger partial charge in [0.15, 0.2) is 5.65 Å². The van der Waals surface area contributed by atoms with Gasteiger partial charge in [-0.2, -0.15) is 5.10 Å². The molecular formula is C29H28N6. The number of aromatic nitrogens is 4. The second kappa shape index (κ2) is 9.68. The second-order valence-electron chi connectivity index (χ2n) is 8.93. The van der Waals surface area contributed by atoms with Crippen LogP contribution < -0.4 is 4.90 Å². The minimum absolute atomic E-state index is 0.239. The first-order valence-electron chi connectivity index (χ1n) is 12.2. The third-order valence-electron chi connectivity index (χ3n) is 6.77. The fraction of sp³-hybridized carbons (Fsp3) is 0.207. The van der Waals surface area contributed by atoms with E-state index in [1.165, 1.54) is 11.1 Å². The highest BCUT2D eigenvalue weighted by Crippen LogP contribution is 2.31. The van der Waals surface area contributed by atoms with Crippen molar-refractivity contribution in [2.24, 2.45) is 0 Å². The zero-order valence-corrected chi connectivity index (χ0v) is 19.6. The van der Waals surface area contributed by atoms with Gasteiger partial charge in [0.05, 0.1) is 23.3 Å². The van der Waals surface area contributed by atoms with E-state index >= 15 is 0 Å². The monoisotopic (exact) mass is 460 g/mol. The molecule has 1 aliphatic rings. The maximum atomic E-state index is 4.71. The molecule has 0 atom stereocenters. The van der Waals surface area contributed by atoms with Gasteiger partial charge in [0.25, 0.3) is 0 Å². The molecule has 0 aliphatic carbocycles. The topological polar surface area (TPSA) is 50.1 Å². The number of rotatable bonds is 5. The highest BCUT2D eigenvalue weighted by Gasteiger charge is 2.26. The van der Waals surface area contributed by atoms with Gasteiger partial charge < -0.3 is 4.90 Å². The standard InChI is InChI=1S/C29H28N6/c1-4-11-23(12-5-1)27(24-13-6-2-7-14-24)33-17-10-18-34(20-19-33)28-26-21-32-35(29(26)31-22-30-28)25-15-8-3-9-16-25/h1-9,11-16,21-22,27H,10,17-20H2. The quantitative estimate of drug-likeness (QED) is 0.365. The average Bonchev–Trinajstić information content (AvgIpc) is 3.22. The molecular weight excluding hydrogens is 432 g/mol. The Labute approximate surface area is 205 Å². The molecule has 0 saturated carbocycles. The Morgan fingerprint density at radius 1 is 0.657 bits per heavy atom. The van der Waals surface area contributed by atoms with Crippen molar-refractivity contribution in [3.8, 4) is 5.69 Å². The minimum atomic E-state index is 0.239. The van der Waals surface area contributed by atoms with Gasteiger partial charge in [0.1, 0.15) is 12.1 Å². The third kappa shape index (κ3) is 4.29. The Balaban J connectivity index is 1.29. The zero-order valence-electron chi connectivity index (χ0n) is 19.6. The van der Waals surface area contributed by atoms with Crippen molar-refractivity contribution in [3.63, 3.8) is 0 Å². The van der Waals surface area contributed by atoms with Gasteiger partial charge in [-0.05, 0) is 29.7 Å². The summed E-state index contributed by atoms with van der Waals surface area (Å²) in [5.74, 6) is 0.968. The molecule has 6 nitrogen and oxygen atoms in total. The highest BCUT2D eigenvalue weighted by molar-refractivity contribution is 5.87. The lowest BCUT2D eigenvalue weighted by Gasteiger charge is -2.31. The molecule has 2 aromatic heterocycles. The van der Waals surface area contributed by atoms with E-state index in [1.807, 2.05) is 41.2 Å². The molecule has 3 aromatic carbocycles. The van der Waals surface area contributed by atoms with Crippen LogP contribution in [0.2, 0.25) is 0 Å². The van der Waals surface area contributed by atoms with E-state index in [-0.39, 0.29) is 6.04 Å². The highest BCUT2D eigenvalue weighted by atomic mass is 15.3. The van der Waals surface area contributed by atoms with Crippen LogP contribution in [0.5, 0.6) is 0 Å². The number of hydrogen-bond acceptors (Lipinski definition) is 5. The van der Waals surface area contributed by atoms with Crippen LogP contribution in [0.25, 0.3) is 16.7 Å². The van der Waals surface area contributed by atoms with Crippen molar-refractivity contribution in [2.45, 2.75) is 12.5 Å². The first kappa shape index (κ1) is 21.5. The van der Waals surface area contributed by atoms with Crippen molar-refractivity contribution >= 4 is 16.9 Å². The van der Waals surface area contributed by atoms with Crippen LogP contribution in [0.1, 0.15) is 23.6 Å². The fourth-order valence-corrected chi connectivity index (χ4v) is 5.13. The Bertz CT molecular complexity index is 1340. The van der Waals surface area contributed by atoms with Gasteiger partial charge in [-0.3, -0.25) is 4.90 Å². The normalized spacial score (nSPS) is 14.9. The molecule has 0 amide bonds. The molecule has 3 heterocycles. The Hall–Kier alpha value is -4.03. The van der Waals surface area contributed by atoms with Crippen molar-refractivity contribution in [2.75, 3.05) is 31.1 Å². The lowest BCUT2D eigenvalue weighted by Crippen LogP contribution is -2.34. The van der Waals surface area contributed by atoms with E-state index in [2.05, 4.69) is 80.5 Å². The molecule has 1 saturated heterocycles. The van der Waals surface area contributed by atoms with E-state index in [4.69, 9.17) is 4.98 Å².